The van der Waals surface area contributed by atoms with Crippen molar-refractivity contribution < 1.29 is 19.5 Å². The first-order valence-corrected chi connectivity index (χ1v) is 15.3. The molecule has 3 aromatic carbocycles. The molecule has 0 aliphatic heterocycles. The van der Waals surface area contributed by atoms with E-state index in [2.05, 4.69) is 73.4 Å². The number of pyridine rings is 1. The number of benzene rings is 3. The van der Waals surface area contributed by atoms with Crippen molar-refractivity contribution in [3.63, 3.8) is 0 Å². The molecule has 0 aliphatic carbocycles. The number of amides is 1. The number of hydrogen-bond acceptors (Lipinski definition) is 7. The van der Waals surface area contributed by atoms with Gasteiger partial charge in [0.25, 0.3) is 0 Å². The zero-order valence-corrected chi connectivity index (χ0v) is 28.5. The molecule has 48 heavy (non-hydrogen) atoms. The molecule has 1 amide bonds. The van der Waals surface area contributed by atoms with E-state index in [9.17, 15) is 14.4 Å². The van der Waals surface area contributed by atoms with Crippen LogP contribution >= 0.6 is 0 Å². The highest BCUT2D eigenvalue weighted by atomic mass is 16.2. The Morgan fingerprint density at radius 1 is 0.771 bits per heavy atom. The van der Waals surface area contributed by atoms with Crippen LogP contribution in [0.25, 0.3) is 33.4 Å². The smallest absolute Gasteiger partial charge is 0.207 e. The van der Waals surface area contributed by atoms with Crippen LogP contribution in [-0.4, -0.2) is 58.8 Å². The van der Waals surface area contributed by atoms with Crippen molar-refractivity contribution in [3.8, 4) is 33.4 Å². The average molecular weight is 651 g/mol. The highest BCUT2D eigenvalue weighted by Crippen LogP contribution is 2.36. The SMILES string of the molecule is C=N.CC.CO.Cc1ccn(Cn2ccc(-c3cccc(-c4cccc(-c5ccc(C=O)cc5)c4C)c3C)cc2=N)n1.O=CCNC=O. The van der Waals surface area contributed by atoms with Crippen molar-refractivity contribution in [2.75, 3.05) is 13.7 Å². The molecular weight excluding hydrogens is 604 g/mol. The normalized spacial score (nSPS) is 9.40. The monoisotopic (exact) mass is 650 g/mol. The van der Waals surface area contributed by atoms with Gasteiger partial charge in [0.15, 0.2) is 0 Å². The second-order valence-corrected chi connectivity index (χ2v) is 9.80. The first-order valence-electron chi connectivity index (χ1n) is 15.3. The van der Waals surface area contributed by atoms with Gasteiger partial charge >= 0.3 is 0 Å². The summed E-state index contributed by atoms with van der Waals surface area (Å²) >= 11 is 0. The summed E-state index contributed by atoms with van der Waals surface area (Å²) < 4.78 is 3.71. The maximum atomic E-state index is 11.1. The number of aromatic nitrogens is 3. The van der Waals surface area contributed by atoms with E-state index in [4.69, 9.17) is 15.9 Å². The van der Waals surface area contributed by atoms with Gasteiger partial charge in [-0.2, -0.15) is 5.10 Å². The molecule has 0 radical (unpaired) electrons. The van der Waals surface area contributed by atoms with Crippen LogP contribution in [0.1, 0.15) is 41.0 Å². The maximum absolute atomic E-state index is 11.1. The zero-order valence-electron chi connectivity index (χ0n) is 28.5. The van der Waals surface area contributed by atoms with Crippen LogP contribution in [-0.2, 0) is 16.3 Å². The van der Waals surface area contributed by atoms with E-state index in [1.54, 1.807) is 0 Å². The minimum absolute atomic E-state index is 0.115. The van der Waals surface area contributed by atoms with Gasteiger partial charge in [-0.3, -0.25) is 19.7 Å². The fourth-order valence-electron chi connectivity index (χ4n) is 4.84. The van der Waals surface area contributed by atoms with Crippen molar-refractivity contribution in [3.05, 3.63) is 119 Å². The summed E-state index contributed by atoms with van der Waals surface area (Å²) in [6.07, 6.45) is 5.85. The van der Waals surface area contributed by atoms with Crippen LogP contribution in [0.4, 0.5) is 0 Å². The number of carbonyl (C=O) groups is 3. The number of nitrogens with one attached hydrogen (secondary N) is 3. The Morgan fingerprint density at radius 2 is 1.31 bits per heavy atom. The van der Waals surface area contributed by atoms with E-state index in [0.29, 0.717) is 30.4 Å². The number of rotatable bonds is 9. The molecule has 10 nitrogen and oxygen atoms in total. The van der Waals surface area contributed by atoms with Crippen LogP contribution in [0.3, 0.4) is 0 Å². The topological polar surface area (TPSA) is 154 Å². The highest BCUT2D eigenvalue weighted by Gasteiger charge is 2.13. The molecule has 5 rings (SSSR count). The first kappa shape index (κ1) is 40.3. The minimum Gasteiger partial charge on any atom is -0.400 e. The summed E-state index contributed by atoms with van der Waals surface area (Å²) in [4.78, 5) is 29.7. The van der Waals surface area contributed by atoms with Gasteiger partial charge in [-0.15, -0.1) is 0 Å². The van der Waals surface area contributed by atoms with E-state index in [1.807, 2.05) is 78.8 Å². The molecule has 0 saturated heterocycles. The lowest BCUT2D eigenvalue weighted by molar-refractivity contribution is -0.113. The van der Waals surface area contributed by atoms with Crippen LogP contribution in [0.2, 0.25) is 0 Å². The summed E-state index contributed by atoms with van der Waals surface area (Å²) in [7, 11) is 1.00. The molecule has 2 heterocycles. The van der Waals surface area contributed by atoms with Crippen LogP contribution in [0.5, 0.6) is 0 Å². The molecule has 0 spiro atoms. The Hall–Kier alpha value is -5.74. The zero-order chi connectivity index (χ0) is 36.1. The quantitative estimate of drug-likeness (QED) is 0.0845. The molecule has 2 aromatic heterocycles. The number of aliphatic hydroxyl groups is 1. The summed E-state index contributed by atoms with van der Waals surface area (Å²) in [5.74, 6) is 0. The van der Waals surface area contributed by atoms with Crippen molar-refractivity contribution in [2.45, 2.75) is 41.3 Å². The van der Waals surface area contributed by atoms with Crippen LogP contribution in [0, 0.1) is 31.6 Å². The summed E-state index contributed by atoms with van der Waals surface area (Å²) in [6.45, 7) is 13.4. The van der Waals surface area contributed by atoms with Gasteiger partial charge in [0.2, 0.25) is 6.41 Å². The Labute approximate surface area is 282 Å². The second kappa shape index (κ2) is 21.9. The minimum atomic E-state index is 0.115. The molecular formula is C38H46N6O4. The summed E-state index contributed by atoms with van der Waals surface area (Å²) in [6, 6.07) is 26.4. The molecule has 0 bridgehead atoms. The molecule has 10 heteroatoms. The first-order chi connectivity index (χ1) is 23.4. The van der Waals surface area contributed by atoms with Crippen LogP contribution < -0.4 is 10.8 Å². The van der Waals surface area contributed by atoms with Crippen molar-refractivity contribution in [2.24, 2.45) is 0 Å². The highest BCUT2D eigenvalue weighted by molar-refractivity contribution is 5.84. The molecule has 5 aromatic rings. The lowest BCUT2D eigenvalue weighted by Crippen LogP contribution is -2.23. The van der Waals surface area contributed by atoms with Gasteiger partial charge in [-0.25, -0.2) is 0 Å². The van der Waals surface area contributed by atoms with Gasteiger partial charge in [0.1, 0.15) is 24.7 Å². The molecule has 0 saturated carbocycles. The second-order valence-electron chi connectivity index (χ2n) is 9.80. The molecule has 0 aliphatic rings. The Balaban J connectivity index is 0.000000844. The number of nitrogens with zero attached hydrogens (tertiary/aromatic N) is 3. The third-order valence-electron chi connectivity index (χ3n) is 7.02. The fraction of sp³-hybridized carbons (Fsp3) is 0.211. The Bertz CT molecular complexity index is 1780. The summed E-state index contributed by atoms with van der Waals surface area (Å²) in [5.41, 5.74) is 11.2. The molecule has 0 unspecified atom stereocenters. The number of aryl methyl sites for hydroxylation is 1. The average Bonchev–Trinajstić information content (AvgIpc) is 3.55. The van der Waals surface area contributed by atoms with Crippen molar-refractivity contribution >= 4 is 25.7 Å². The van der Waals surface area contributed by atoms with Crippen molar-refractivity contribution in [1.29, 1.82) is 10.8 Å². The van der Waals surface area contributed by atoms with E-state index < -0.39 is 0 Å². The molecule has 0 fully saturated rings. The van der Waals surface area contributed by atoms with E-state index >= 15 is 0 Å². The van der Waals surface area contributed by atoms with E-state index in [1.165, 1.54) is 22.3 Å². The van der Waals surface area contributed by atoms with Gasteiger partial charge in [0, 0.05) is 25.1 Å². The number of aliphatic hydroxyl groups excluding tert-OH is 1. The Kier molecular flexibility index (Phi) is 18.4. The lowest BCUT2D eigenvalue weighted by Gasteiger charge is -2.17. The third-order valence-corrected chi connectivity index (χ3v) is 7.02. The third kappa shape index (κ3) is 11.0. The van der Waals surface area contributed by atoms with E-state index in [0.717, 1.165) is 41.3 Å². The fourth-order valence-corrected chi connectivity index (χ4v) is 4.84. The van der Waals surface area contributed by atoms with Crippen molar-refractivity contribution in [1.82, 2.24) is 19.7 Å². The lowest BCUT2D eigenvalue weighted by atomic mass is 9.88. The van der Waals surface area contributed by atoms with Gasteiger partial charge in [-0.05, 0) is 90.2 Å². The summed E-state index contributed by atoms with van der Waals surface area (Å²) in [5, 5.41) is 27.7. The molecule has 0 atom stereocenters. The van der Waals surface area contributed by atoms with Gasteiger partial charge in [0.05, 0.1) is 12.2 Å². The Morgan fingerprint density at radius 3 is 1.75 bits per heavy atom. The van der Waals surface area contributed by atoms with E-state index in [-0.39, 0.29) is 6.54 Å². The van der Waals surface area contributed by atoms with Gasteiger partial charge in [-0.1, -0.05) is 74.5 Å². The van der Waals surface area contributed by atoms with Crippen LogP contribution in [0.15, 0.2) is 91.3 Å². The molecule has 252 valence electrons. The van der Waals surface area contributed by atoms with Gasteiger partial charge < -0.3 is 25.2 Å². The predicted octanol–water partition coefficient (Wildman–Crippen LogP) is 6.24. The predicted molar refractivity (Wildman–Crippen MR) is 193 cm³/mol. The number of aldehydes is 2. The number of carbonyl (C=O) groups excluding carboxylic acids is 3. The number of hydrogen-bond donors (Lipinski definition) is 4. The molecule has 4 N–H and O–H groups in total. The largest absolute Gasteiger partial charge is 0.400 e. The standard InChI is InChI=1S/C31H28N4O.C3H5NO2.C2H6.CH3N.CH4O/c1-21-14-17-35(33-21)20-34-16-15-26(18-31(34)32)28-7-5-9-30(23(28)3)29-8-4-6-27(22(29)2)25-12-10-24(19-36)11-13-25;5-2-1-4-3-6;3*1-2/h4-19,32H,20H2,1-3H3;2-3H,1H2,(H,4,6);1-2H3;2H,1H2;2H,1H3. The maximum Gasteiger partial charge on any atom is 0.207 e.